The van der Waals surface area contributed by atoms with Crippen LogP contribution in [0.4, 0.5) is 0 Å². The fourth-order valence-electron chi connectivity index (χ4n) is 6.66. The highest BCUT2D eigenvalue weighted by atomic mass is 16.5. The fourth-order valence-corrected chi connectivity index (χ4v) is 6.66. The number of rotatable bonds is 7. The van der Waals surface area contributed by atoms with Crippen LogP contribution in [0.25, 0.3) is 44.2 Å². The molecule has 1 fully saturated rings. The quantitative estimate of drug-likeness (QED) is 0.170. The van der Waals surface area contributed by atoms with Gasteiger partial charge in [0.25, 0.3) is 11.8 Å². The minimum Gasteiger partial charge on any atom is -0.480 e. The number of nitrogens with zero attached hydrogens (tertiary/aromatic N) is 5. The van der Waals surface area contributed by atoms with Crippen LogP contribution in [-0.2, 0) is 23.7 Å². The molecular weight excluding hydrogens is 683 g/mol. The van der Waals surface area contributed by atoms with Crippen molar-refractivity contribution in [2.75, 3.05) is 6.54 Å². The van der Waals surface area contributed by atoms with Crippen molar-refractivity contribution in [3.63, 3.8) is 0 Å². The summed E-state index contributed by atoms with van der Waals surface area (Å²) in [6.07, 6.45) is 3.01. The molecule has 0 radical (unpaired) electrons. The lowest BCUT2D eigenvalue weighted by Crippen LogP contribution is -2.46. The Bertz CT molecular complexity index is 2670. The Labute approximate surface area is 310 Å². The first kappa shape index (κ1) is 35.4. The monoisotopic (exact) mass is 717 g/mol. The van der Waals surface area contributed by atoms with Gasteiger partial charge in [0.1, 0.15) is 11.4 Å². The number of hydrogen-bond acceptors (Lipinski definition) is 8. The van der Waals surface area contributed by atoms with Crippen LogP contribution in [0.5, 0.6) is 5.75 Å². The number of piperidine rings is 1. The average molecular weight is 718 g/mol. The van der Waals surface area contributed by atoms with Gasteiger partial charge >= 0.3 is 5.69 Å². The summed E-state index contributed by atoms with van der Waals surface area (Å²) >= 11 is 0. The zero-order valence-electron chi connectivity index (χ0n) is 30.1. The Morgan fingerprint density at radius 2 is 1.80 bits per heavy atom. The van der Waals surface area contributed by atoms with Crippen LogP contribution in [0.1, 0.15) is 59.8 Å². The number of carbonyl (C=O) groups excluding carboxylic acids is 3. The Kier molecular flexibility index (Phi) is 9.51. The topological polar surface area (TPSA) is 161 Å². The maximum Gasteiger partial charge on any atom is 0.328 e. The molecule has 12 heteroatoms. The van der Waals surface area contributed by atoms with Crippen LogP contribution in [0.15, 0.2) is 83.9 Å². The maximum absolute atomic E-state index is 12.9. The molecule has 3 aromatic heterocycles. The second kappa shape index (κ2) is 14.5. The van der Waals surface area contributed by atoms with E-state index in [-0.39, 0.29) is 53.9 Å². The summed E-state index contributed by atoms with van der Waals surface area (Å²) in [5, 5.41) is 16.4. The molecule has 268 valence electrons. The second-order valence-electron chi connectivity index (χ2n) is 13.4. The van der Waals surface area contributed by atoms with E-state index in [2.05, 4.69) is 59.5 Å². The van der Waals surface area contributed by atoms with E-state index < -0.39 is 17.9 Å². The molecule has 1 aliphatic rings. The molecule has 0 aliphatic carbocycles. The molecule has 0 saturated carbocycles. The van der Waals surface area contributed by atoms with Gasteiger partial charge in [-0.05, 0) is 76.5 Å². The van der Waals surface area contributed by atoms with E-state index in [9.17, 15) is 24.4 Å². The van der Waals surface area contributed by atoms with Crippen LogP contribution < -0.4 is 21.1 Å². The van der Waals surface area contributed by atoms with Gasteiger partial charge in [-0.3, -0.25) is 38.8 Å². The number of ether oxygens (including phenoxy) is 1. The Balaban J connectivity index is 1.05. The number of nitrogens with one attached hydrogen (secondary N) is 2. The lowest BCUT2D eigenvalue weighted by Gasteiger charge is -2.22. The van der Waals surface area contributed by atoms with Gasteiger partial charge in [0.15, 0.2) is 6.10 Å². The molecule has 12 nitrogen and oxygen atoms in total. The normalized spacial score (nSPS) is 14.0. The lowest BCUT2D eigenvalue weighted by molar-refractivity contribution is -0.138. The van der Waals surface area contributed by atoms with Crippen LogP contribution in [0.2, 0.25) is 0 Å². The van der Waals surface area contributed by atoms with Gasteiger partial charge in [-0.2, -0.15) is 5.26 Å². The molecule has 6 aromatic rings. The van der Waals surface area contributed by atoms with Crippen LogP contribution in [0, 0.1) is 23.2 Å². The van der Waals surface area contributed by atoms with Crippen molar-refractivity contribution < 1.29 is 19.1 Å². The molecule has 0 bridgehead atoms. The van der Waals surface area contributed by atoms with Gasteiger partial charge < -0.3 is 10.1 Å². The number of aryl methyl sites for hydroxylation is 2. The summed E-state index contributed by atoms with van der Waals surface area (Å²) in [6, 6.07) is 22.5. The van der Waals surface area contributed by atoms with Crippen LogP contribution in [-0.4, -0.2) is 49.5 Å². The molecule has 2 N–H and O–H groups in total. The molecule has 7 rings (SSSR count). The van der Waals surface area contributed by atoms with Gasteiger partial charge in [-0.15, -0.1) is 0 Å². The Hall–Kier alpha value is -7.05. The van der Waals surface area contributed by atoms with Crippen molar-refractivity contribution in [1.82, 2.24) is 29.7 Å². The van der Waals surface area contributed by atoms with Crippen molar-refractivity contribution in [2.45, 2.75) is 38.7 Å². The zero-order valence-corrected chi connectivity index (χ0v) is 30.1. The van der Waals surface area contributed by atoms with E-state index in [1.807, 2.05) is 37.5 Å². The van der Waals surface area contributed by atoms with Crippen LogP contribution in [0.3, 0.4) is 0 Å². The highest BCUT2D eigenvalue weighted by Gasteiger charge is 2.28. The minimum absolute atomic E-state index is 0.0170. The Morgan fingerprint density at radius 3 is 2.54 bits per heavy atom. The number of carbonyl (C=O) groups is 3. The molecule has 4 heterocycles. The van der Waals surface area contributed by atoms with E-state index in [0.717, 1.165) is 44.1 Å². The molecule has 1 saturated heterocycles. The third kappa shape index (κ3) is 6.93. The van der Waals surface area contributed by atoms with Gasteiger partial charge in [0.05, 0.1) is 34.9 Å². The SMILES string of the molecule is CC(C)c1cc(-c2cccc3cc(-c4ccc(C(=O)NCC#Cc5cc(C#N)cc(OC6CCC(=O)NC6=O)c5)nc4)ncc23)cc2c1n(C)c(=O)n2C. The van der Waals surface area contributed by atoms with Crippen molar-refractivity contribution in [1.29, 1.82) is 5.26 Å². The second-order valence-corrected chi connectivity index (χ2v) is 13.4. The fraction of sp³-hybridized carbons (Fsp3) is 0.214. The summed E-state index contributed by atoms with van der Waals surface area (Å²) < 4.78 is 9.14. The third-order valence-corrected chi connectivity index (χ3v) is 9.45. The smallest absolute Gasteiger partial charge is 0.328 e. The number of hydrogen-bond donors (Lipinski definition) is 2. The van der Waals surface area contributed by atoms with Crippen molar-refractivity contribution in [3.05, 3.63) is 112 Å². The van der Waals surface area contributed by atoms with E-state index in [4.69, 9.17) is 9.72 Å². The number of amides is 3. The van der Waals surface area contributed by atoms with E-state index >= 15 is 0 Å². The first-order chi connectivity index (χ1) is 26.0. The third-order valence-electron chi connectivity index (χ3n) is 9.45. The number of imide groups is 1. The number of fused-ring (bicyclic) bond motifs is 2. The van der Waals surface area contributed by atoms with Crippen molar-refractivity contribution in [3.8, 4) is 46.0 Å². The first-order valence-corrected chi connectivity index (χ1v) is 17.4. The molecule has 54 heavy (non-hydrogen) atoms. The largest absolute Gasteiger partial charge is 0.480 e. The highest BCUT2D eigenvalue weighted by molar-refractivity contribution is 6.01. The molecule has 0 spiro atoms. The number of imidazole rings is 1. The molecule has 3 amide bonds. The summed E-state index contributed by atoms with van der Waals surface area (Å²) in [5.41, 5.74) is 7.29. The lowest BCUT2D eigenvalue weighted by atomic mass is 9.93. The predicted octanol–water partition coefficient (Wildman–Crippen LogP) is 5.11. The minimum atomic E-state index is -0.848. The average Bonchev–Trinajstić information content (AvgIpc) is 3.39. The molecule has 3 aromatic carbocycles. The maximum atomic E-state index is 12.9. The van der Waals surface area contributed by atoms with Gasteiger partial charge in [-0.1, -0.05) is 43.9 Å². The molecule has 1 atom stereocenters. The standard InChI is InChI=1S/C42H35N7O5/c1-24(2)32-18-29(20-36-39(32)49(4)42(53)48(36)3)31-9-5-8-27-19-35(46-23-33(27)31)28-10-11-34(45-22-28)40(51)44-14-6-7-25-15-26(21-43)17-30(16-25)54-37-12-13-38(50)47-41(37)52/h5,8-11,15-20,22-24,37H,12-14H2,1-4H3,(H,44,51)(H,47,50,52). The molecule has 1 aliphatic heterocycles. The summed E-state index contributed by atoms with van der Waals surface area (Å²) in [4.78, 5) is 58.3. The predicted molar refractivity (Wildman–Crippen MR) is 203 cm³/mol. The van der Waals surface area contributed by atoms with Crippen LogP contribution >= 0.6 is 0 Å². The van der Waals surface area contributed by atoms with E-state index in [1.54, 1.807) is 46.6 Å². The number of pyridine rings is 2. The molecule has 1 unspecified atom stereocenters. The van der Waals surface area contributed by atoms with E-state index in [1.165, 1.54) is 6.07 Å². The molecular formula is C42H35N7O5. The summed E-state index contributed by atoms with van der Waals surface area (Å²) in [6.45, 7) is 4.27. The summed E-state index contributed by atoms with van der Waals surface area (Å²) in [7, 11) is 3.61. The zero-order chi connectivity index (χ0) is 38.1. The summed E-state index contributed by atoms with van der Waals surface area (Å²) in [5.74, 6) is 4.98. The number of nitriles is 1. The van der Waals surface area contributed by atoms with Gasteiger partial charge in [-0.25, -0.2) is 4.79 Å². The van der Waals surface area contributed by atoms with Crippen molar-refractivity contribution >= 4 is 39.5 Å². The Morgan fingerprint density at radius 1 is 0.981 bits per heavy atom. The first-order valence-electron chi connectivity index (χ1n) is 17.4. The van der Waals surface area contributed by atoms with Gasteiger partial charge in [0.2, 0.25) is 5.91 Å². The number of benzene rings is 3. The number of aromatic nitrogens is 4. The van der Waals surface area contributed by atoms with E-state index in [0.29, 0.717) is 11.3 Å². The van der Waals surface area contributed by atoms with Crippen molar-refractivity contribution in [2.24, 2.45) is 14.1 Å². The van der Waals surface area contributed by atoms with Gasteiger partial charge in [0, 0.05) is 55.8 Å². The highest BCUT2D eigenvalue weighted by Crippen LogP contribution is 2.35.